The molecule has 0 fully saturated rings. The number of aliphatic hydroxyl groups is 1. The minimum Gasteiger partial charge on any atom is -0.383 e. The third-order valence-electron chi connectivity index (χ3n) is 1.98. The normalized spacial score (nSPS) is 13.1. The molecule has 1 N–H and O–H groups in total. The van der Waals surface area contributed by atoms with E-state index in [-0.39, 0.29) is 0 Å². The molecule has 2 aromatic heterocycles. The number of halogens is 1. The van der Waals surface area contributed by atoms with Crippen LogP contribution in [0.15, 0.2) is 27.6 Å². The SMILES string of the molecule is Cn1cc(C(O)c2cscc2Br)cn1. The zero-order valence-corrected chi connectivity index (χ0v) is 9.92. The van der Waals surface area contributed by atoms with Crippen molar-refractivity contribution in [1.29, 1.82) is 0 Å². The van der Waals surface area contributed by atoms with Gasteiger partial charge in [-0.25, -0.2) is 0 Å². The molecular weight excluding hydrogens is 264 g/mol. The number of rotatable bonds is 2. The maximum atomic E-state index is 10.00. The maximum absolute atomic E-state index is 10.00. The predicted molar refractivity (Wildman–Crippen MR) is 59.3 cm³/mol. The Balaban J connectivity index is 2.33. The number of aromatic nitrogens is 2. The molecule has 5 heteroatoms. The molecule has 0 aliphatic carbocycles. The Kier molecular flexibility index (Phi) is 2.71. The molecule has 1 unspecified atom stereocenters. The van der Waals surface area contributed by atoms with E-state index in [0.717, 1.165) is 15.6 Å². The molecule has 0 saturated carbocycles. The van der Waals surface area contributed by atoms with Crippen molar-refractivity contribution < 1.29 is 5.11 Å². The van der Waals surface area contributed by atoms with E-state index in [1.165, 1.54) is 0 Å². The van der Waals surface area contributed by atoms with Crippen LogP contribution in [0.4, 0.5) is 0 Å². The fourth-order valence-corrected chi connectivity index (χ4v) is 2.78. The summed E-state index contributed by atoms with van der Waals surface area (Å²) in [4.78, 5) is 0. The van der Waals surface area contributed by atoms with Crippen molar-refractivity contribution in [3.63, 3.8) is 0 Å². The summed E-state index contributed by atoms with van der Waals surface area (Å²) in [6.45, 7) is 0. The Bertz CT molecular complexity index is 437. The highest BCUT2D eigenvalue weighted by Crippen LogP contribution is 2.30. The molecule has 14 heavy (non-hydrogen) atoms. The number of aryl methyl sites for hydroxylation is 1. The van der Waals surface area contributed by atoms with Crippen molar-refractivity contribution in [2.75, 3.05) is 0 Å². The number of hydrogen-bond donors (Lipinski definition) is 1. The van der Waals surface area contributed by atoms with E-state index in [1.807, 2.05) is 24.0 Å². The minimum atomic E-state index is -0.593. The molecule has 2 rings (SSSR count). The van der Waals surface area contributed by atoms with Gasteiger partial charge in [-0.1, -0.05) is 0 Å². The van der Waals surface area contributed by atoms with Crippen molar-refractivity contribution >= 4 is 27.3 Å². The van der Waals surface area contributed by atoms with E-state index < -0.39 is 6.10 Å². The van der Waals surface area contributed by atoms with E-state index in [2.05, 4.69) is 21.0 Å². The Hall–Kier alpha value is -0.650. The first-order valence-electron chi connectivity index (χ1n) is 4.06. The summed E-state index contributed by atoms with van der Waals surface area (Å²) >= 11 is 4.96. The summed E-state index contributed by atoms with van der Waals surface area (Å²) in [5.41, 5.74) is 1.70. The van der Waals surface area contributed by atoms with Gasteiger partial charge in [-0.15, -0.1) is 0 Å². The number of thiophene rings is 1. The molecule has 2 aromatic rings. The Labute approximate surface area is 94.1 Å². The van der Waals surface area contributed by atoms with Crippen molar-refractivity contribution in [3.05, 3.63) is 38.8 Å². The average Bonchev–Trinajstić information content (AvgIpc) is 2.73. The van der Waals surface area contributed by atoms with Gasteiger partial charge in [-0.2, -0.15) is 16.4 Å². The van der Waals surface area contributed by atoms with Crippen LogP contribution in [-0.2, 0) is 7.05 Å². The number of hydrogen-bond acceptors (Lipinski definition) is 3. The largest absolute Gasteiger partial charge is 0.383 e. The van der Waals surface area contributed by atoms with Gasteiger partial charge in [0.2, 0.25) is 0 Å². The Morgan fingerprint density at radius 2 is 2.36 bits per heavy atom. The lowest BCUT2D eigenvalue weighted by atomic mass is 10.1. The quantitative estimate of drug-likeness (QED) is 0.911. The van der Waals surface area contributed by atoms with Crippen LogP contribution in [0, 0.1) is 0 Å². The summed E-state index contributed by atoms with van der Waals surface area (Å²) in [6, 6.07) is 0. The van der Waals surface area contributed by atoms with E-state index in [9.17, 15) is 5.11 Å². The van der Waals surface area contributed by atoms with Crippen LogP contribution in [0.25, 0.3) is 0 Å². The summed E-state index contributed by atoms with van der Waals surface area (Å²) in [5.74, 6) is 0. The third-order valence-corrected chi connectivity index (χ3v) is 3.73. The van der Waals surface area contributed by atoms with Crippen molar-refractivity contribution in [3.8, 4) is 0 Å². The van der Waals surface area contributed by atoms with Gasteiger partial charge in [0.15, 0.2) is 0 Å². The van der Waals surface area contributed by atoms with Crippen LogP contribution in [0.3, 0.4) is 0 Å². The van der Waals surface area contributed by atoms with Crippen LogP contribution < -0.4 is 0 Å². The van der Waals surface area contributed by atoms with E-state index in [1.54, 1.807) is 22.2 Å². The third kappa shape index (κ3) is 1.75. The monoisotopic (exact) mass is 272 g/mol. The van der Waals surface area contributed by atoms with E-state index >= 15 is 0 Å². The van der Waals surface area contributed by atoms with Gasteiger partial charge in [-0.05, 0) is 21.3 Å². The van der Waals surface area contributed by atoms with Crippen LogP contribution >= 0.6 is 27.3 Å². The lowest BCUT2D eigenvalue weighted by molar-refractivity contribution is 0.220. The highest BCUT2D eigenvalue weighted by molar-refractivity contribution is 9.10. The minimum absolute atomic E-state index is 0.593. The zero-order valence-electron chi connectivity index (χ0n) is 7.51. The van der Waals surface area contributed by atoms with Gasteiger partial charge in [0.25, 0.3) is 0 Å². The van der Waals surface area contributed by atoms with Crippen molar-refractivity contribution in [2.45, 2.75) is 6.10 Å². The summed E-state index contributed by atoms with van der Waals surface area (Å²) in [6.07, 6.45) is 2.90. The Morgan fingerprint density at radius 3 is 2.86 bits per heavy atom. The molecule has 0 radical (unpaired) electrons. The molecule has 0 aliphatic heterocycles. The average molecular weight is 273 g/mol. The highest BCUT2D eigenvalue weighted by Gasteiger charge is 2.15. The second-order valence-corrected chi connectivity index (χ2v) is 4.62. The van der Waals surface area contributed by atoms with Crippen LogP contribution in [-0.4, -0.2) is 14.9 Å². The maximum Gasteiger partial charge on any atom is 0.109 e. The fourth-order valence-electron chi connectivity index (χ4n) is 1.25. The van der Waals surface area contributed by atoms with Crippen LogP contribution in [0.1, 0.15) is 17.2 Å². The second-order valence-electron chi connectivity index (χ2n) is 3.02. The molecule has 3 nitrogen and oxygen atoms in total. The molecule has 0 spiro atoms. The highest BCUT2D eigenvalue weighted by atomic mass is 79.9. The molecule has 2 heterocycles. The first kappa shape index (κ1) is 9.89. The molecule has 0 saturated heterocycles. The van der Waals surface area contributed by atoms with E-state index in [0.29, 0.717) is 0 Å². The zero-order chi connectivity index (χ0) is 10.1. The fraction of sp³-hybridized carbons (Fsp3) is 0.222. The van der Waals surface area contributed by atoms with Gasteiger partial charge in [0, 0.05) is 34.2 Å². The van der Waals surface area contributed by atoms with Crippen LogP contribution in [0.2, 0.25) is 0 Å². The molecular formula is C9H9BrN2OS. The molecule has 0 amide bonds. The van der Waals surface area contributed by atoms with Gasteiger partial charge >= 0.3 is 0 Å². The lowest BCUT2D eigenvalue weighted by Crippen LogP contribution is -1.97. The first-order valence-corrected chi connectivity index (χ1v) is 5.80. The van der Waals surface area contributed by atoms with Gasteiger partial charge in [0.1, 0.15) is 6.10 Å². The van der Waals surface area contributed by atoms with Gasteiger partial charge in [-0.3, -0.25) is 4.68 Å². The van der Waals surface area contributed by atoms with Crippen molar-refractivity contribution in [2.24, 2.45) is 7.05 Å². The molecule has 1 atom stereocenters. The standard InChI is InChI=1S/C9H9BrN2OS/c1-12-3-6(2-11-12)9(13)7-4-14-5-8(7)10/h2-5,9,13H,1H3. The summed E-state index contributed by atoms with van der Waals surface area (Å²) in [5, 5.41) is 17.9. The number of aliphatic hydroxyl groups excluding tert-OH is 1. The predicted octanol–water partition coefficient (Wildman–Crippen LogP) is 2.33. The van der Waals surface area contributed by atoms with E-state index in [4.69, 9.17) is 0 Å². The molecule has 0 aliphatic rings. The second kappa shape index (κ2) is 3.84. The van der Waals surface area contributed by atoms with Gasteiger partial charge < -0.3 is 5.11 Å². The molecule has 74 valence electrons. The summed E-state index contributed by atoms with van der Waals surface area (Å²) < 4.78 is 2.62. The van der Waals surface area contributed by atoms with Crippen LogP contribution in [0.5, 0.6) is 0 Å². The smallest absolute Gasteiger partial charge is 0.109 e. The number of nitrogens with zero attached hydrogens (tertiary/aromatic N) is 2. The Morgan fingerprint density at radius 1 is 1.57 bits per heavy atom. The molecule has 0 bridgehead atoms. The lowest BCUT2D eigenvalue weighted by Gasteiger charge is -2.06. The summed E-state index contributed by atoms with van der Waals surface area (Å²) in [7, 11) is 1.83. The first-order chi connectivity index (χ1) is 6.68. The van der Waals surface area contributed by atoms with Gasteiger partial charge in [0.05, 0.1) is 6.20 Å². The molecule has 0 aromatic carbocycles. The topological polar surface area (TPSA) is 38.0 Å². The van der Waals surface area contributed by atoms with Crippen molar-refractivity contribution in [1.82, 2.24) is 9.78 Å².